The van der Waals surface area contributed by atoms with Gasteiger partial charge in [-0.3, -0.25) is 14.5 Å². The number of allylic oxidation sites excluding steroid dienone is 2. The molecule has 3 aromatic carbocycles. The minimum absolute atomic E-state index is 0.225. The second-order valence-electron chi connectivity index (χ2n) is 6.71. The van der Waals surface area contributed by atoms with Crippen LogP contribution in [-0.2, 0) is 11.3 Å². The highest BCUT2D eigenvalue weighted by Crippen LogP contribution is 2.33. The first-order valence-corrected chi connectivity index (χ1v) is 9.89. The third-order valence-corrected chi connectivity index (χ3v) is 5.54. The van der Waals surface area contributed by atoms with E-state index in [1.54, 1.807) is 6.08 Å². The zero-order valence-electron chi connectivity index (χ0n) is 15.5. The minimum atomic E-state index is -0.233. The molecule has 28 heavy (non-hydrogen) atoms. The van der Waals surface area contributed by atoms with Crippen molar-refractivity contribution in [1.29, 1.82) is 0 Å². The summed E-state index contributed by atoms with van der Waals surface area (Å²) in [6, 6.07) is 23.9. The number of thioether (sulfide) groups is 1. The van der Waals surface area contributed by atoms with Crippen molar-refractivity contribution in [2.24, 2.45) is 0 Å². The monoisotopic (exact) mass is 385 g/mol. The molecule has 1 heterocycles. The topological polar surface area (TPSA) is 37.4 Å². The lowest BCUT2D eigenvalue weighted by Gasteiger charge is -2.14. The molecular formula is C24H19NO2S. The van der Waals surface area contributed by atoms with Crippen molar-refractivity contribution in [3.8, 4) is 0 Å². The highest BCUT2D eigenvalue weighted by Gasteiger charge is 2.35. The first kappa shape index (κ1) is 18.3. The predicted octanol–water partition coefficient (Wildman–Crippen LogP) is 6.02. The fraction of sp³-hybridized carbons (Fsp3) is 0.0833. The molecule has 0 radical (unpaired) electrons. The maximum absolute atomic E-state index is 12.8. The van der Waals surface area contributed by atoms with Crippen molar-refractivity contribution in [1.82, 2.24) is 4.90 Å². The predicted molar refractivity (Wildman–Crippen MR) is 116 cm³/mol. The second-order valence-corrected chi connectivity index (χ2v) is 7.70. The zero-order chi connectivity index (χ0) is 19.5. The number of rotatable bonds is 4. The Bertz CT molecular complexity index is 1110. The molecule has 1 saturated heterocycles. The summed E-state index contributed by atoms with van der Waals surface area (Å²) >= 11 is 1.00. The lowest BCUT2D eigenvalue weighted by atomic mass is 10.0. The number of amides is 2. The van der Waals surface area contributed by atoms with Crippen LogP contribution in [0.5, 0.6) is 0 Å². The number of hydrogen-bond donors (Lipinski definition) is 0. The fourth-order valence-corrected chi connectivity index (χ4v) is 4.19. The normalized spacial score (nSPS) is 16.4. The molecule has 1 aliphatic heterocycles. The Morgan fingerprint density at radius 2 is 1.64 bits per heavy atom. The van der Waals surface area contributed by atoms with Crippen LogP contribution in [0.1, 0.15) is 18.1 Å². The van der Waals surface area contributed by atoms with Gasteiger partial charge in [0.2, 0.25) is 0 Å². The Hall–Kier alpha value is -3.11. The number of imide groups is 1. The van der Waals surface area contributed by atoms with Gasteiger partial charge in [-0.1, -0.05) is 78.9 Å². The number of fused-ring (bicyclic) bond motifs is 1. The Morgan fingerprint density at radius 3 is 2.46 bits per heavy atom. The molecule has 0 atom stereocenters. The third-order valence-electron chi connectivity index (χ3n) is 4.63. The van der Waals surface area contributed by atoms with E-state index in [1.807, 2.05) is 85.8 Å². The number of benzene rings is 3. The Kier molecular flexibility index (Phi) is 5.13. The van der Waals surface area contributed by atoms with Crippen molar-refractivity contribution in [2.75, 3.05) is 0 Å². The first-order valence-electron chi connectivity index (χ1n) is 9.07. The number of carbonyl (C=O) groups excluding carboxylic acids is 2. The average Bonchev–Trinajstić information content (AvgIpc) is 2.96. The molecule has 2 amide bonds. The van der Waals surface area contributed by atoms with E-state index in [4.69, 9.17) is 0 Å². The van der Waals surface area contributed by atoms with Gasteiger partial charge in [0.1, 0.15) is 0 Å². The van der Waals surface area contributed by atoms with Crippen molar-refractivity contribution in [2.45, 2.75) is 13.5 Å². The molecule has 0 bridgehead atoms. The lowest BCUT2D eigenvalue weighted by molar-refractivity contribution is -0.123. The summed E-state index contributed by atoms with van der Waals surface area (Å²) in [7, 11) is 0. The van der Waals surface area contributed by atoms with Gasteiger partial charge in [-0.15, -0.1) is 0 Å². The third kappa shape index (κ3) is 3.78. The summed E-state index contributed by atoms with van der Waals surface area (Å²) in [5, 5.41) is 1.94. The molecule has 0 unspecified atom stereocenters. The number of nitrogens with zero attached hydrogens (tertiary/aromatic N) is 1. The average molecular weight is 385 g/mol. The van der Waals surface area contributed by atoms with Crippen LogP contribution in [0.25, 0.3) is 16.8 Å². The quantitative estimate of drug-likeness (QED) is 0.515. The second kappa shape index (κ2) is 7.87. The molecule has 1 fully saturated rings. The molecule has 0 N–H and O–H groups in total. The van der Waals surface area contributed by atoms with Gasteiger partial charge in [-0.05, 0) is 52.2 Å². The van der Waals surface area contributed by atoms with Crippen LogP contribution in [0.4, 0.5) is 4.79 Å². The molecule has 4 heteroatoms. The van der Waals surface area contributed by atoms with Gasteiger partial charge in [0, 0.05) is 0 Å². The van der Waals surface area contributed by atoms with Gasteiger partial charge < -0.3 is 0 Å². The SMILES string of the molecule is CC(/C=C1\SC(=O)N(Cc2cccc3ccccc23)C1=O)=C\c1ccccc1. The summed E-state index contributed by atoms with van der Waals surface area (Å²) in [4.78, 5) is 27.1. The van der Waals surface area contributed by atoms with Crippen molar-refractivity contribution in [3.63, 3.8) is 0 Å². The van der Waals surface area contributed by atoms with E-state index in [0.29, 0.717) is 4.91 Å². The lowest BCUT2D eigenvalue weighted by Crippen LogP contribution is -2.27. The van der Waals surface area contributed by atoms with Gasteiger partial charge in [-0.25, -0.2) is 0 Å². The van der Waals surface area contributed by atoms with Crippen LogP contribution in [0.2, 0.25) is 0 Å². The Morgan fingerprint density at radius 1 is 0.929 bits per heavy atom. The summed E-state index contributed by atoms with van der Waals surface area (Å²) in [6.45, 7) is 2.22. The maximum atomic E-state index is 12.8. The van der Waals surface area contributed by atoms with E-state index >= 15 is 0 Å². The largest absolute Gasteiger partial charge is 0.293 e. The first-order chi connectivity index (χ1) is 13.6. The van der Waals surface area contributed by atoms with Gasteiger partial charge in [-0.2, -0.15) is 0 Å². The van der Waals surface area contributed by atoms with E-state index in [9.17, 15) is 9.59 Å². The number of carbonyl (C=O) groups is 2. The summed E-state index contributed by atoms with van der Waals surface area (Å²) < 4.78 is 0. The highest BCUT2D eigenvalue weighted by atomic mass is 32.2. The molecule has 4 rings (SSSR count). The van der Waals surface area contributed by atoms with Gasteiger partial charge in [0.15, 0.2) is 0 Å². The Labute approximate surface area is 168 Å². The van der Waals surface area contributed by atoms with E-state index < -0.39 is 0 Å². The molecule has 1 aliphatic rings. The van der Waals surface area contributed by atoms with Gasteiger partial charge in [0.25, 0.3) is 11.1 Å². The standard InChI is InChI=1S/C24H19NO2S/c1-17(14-18-8-3-2-4-9-18)15-22-23(26)25(24(27)28-22)16-20-12-7-11-19-10-5-6-13-21(19)20/h2-15H,16H2,1H3/b17-14+,22-15-. The van der Waals surface area contributed by atoms with Crippen LogP contribution in [0.15, 0.2) is 89.4 Å². The molecule has 0 spiro atoms. The fourth-order valence-electron chi connectivity index (χ4n) is 3.30. The van der Waals surface area contributed by atoms with Crippen LogP contribution in [0, 0.1) is 0 Å². The molecule has 3 aromatic rings. The minimum Gasteiger partial charge on any atom is -0.268 e. The van der Waals surface area contributed by atoms with Crippen LogP contribution in [-0.4, -0.2) is 16.0 Å². The van der Waals surface area contributed by atoms with E-state index in [2.05, 4.69) is 0 Å². The highest BCUT2D eigenvalue weighted by molar-refractivity contribution is 8.18. The summed E-state index contributed by atoms with van der Waals surface area (Å²) in [5.74, 6) is -0.233. The molecule has 0 aromatic heterocycles. The molecule has 0 aliphatic carbocycles. The Balaban J connectivity index is 1.58. The molecular weight excluding hydrogens is 366 g/mol. The van der Waals surface area contributed by atoms with Crippen molar-refractivity contribution < 1.29 is 9.59 Å². The van der Waals surface area contributed by atoms with E-state index in [-0.39, 0.29) is 17.7 Å². The van der Waals surface area contributed by atoms with E-state index in [0.717, 1.165) is 39.2 Å². The van der Waals surface area contributed by atoms with Crippen LogP contribution >= 0.6 is 11.8 Å². The van der Waals surface area contributed by atoms with Crippen molar-refractivity contribution in [3.05, 3.63) is 100 Å². The van der Waals surface area contributed by atoms with E-state index in [1.165, 1.54) is 4.90 Å². The number of hydrogen-bond acceptors (Lipinski definition) is 3. The maximum Gasteiger partial charge on any atom is 0.293 e. The molecule has 138 valence electrons. The van der Waals surface area contributed by atoms with Gasteiger partial charge >= 0.3 is 0 Å². The van der Waals surface area contributed by atoms with Crippen molar-refractivity contribution >= 4 is 39.8 Å². The molecule has 3 nitrogen and oxygen atoms in total. The van der Waals surface area contributed by atoms with Crippen LogP contribution < -0.4 is 0 Å². The summed E-state index contributed by atoms with van der Waals surface area (Å²) in [6.07, 6.45) is 3.79. The molecule has 0 saturated carbocycles. The zero-order valence-corrected chi connectivity index (χ0v) is 16.3. The summed E-state index contributed by atoms with van der Waals surface area (Å²) in [5.41, 5.74) is 2.96. The van der Waals surface area contributed by atoms with Gasteiger partial charge in [0.05, 0.1) is 11.4 Å². The smallest absolute Gasteiger partial charge is 0.268 e. The van der Waals surface area contributed by atoms with Crippen LogP contribution in [0.3, 0.4) is 0 Å².